The summed E-state index contributed by atoms with van der Waals surface area (Å²) in [5, 5.41) is 8.57. The fourth-order valence-corrected chi connectivity index (χ4v) is 15.4. The summed E-state index contributed by atoms with van der Waals surface area (Å²) in [5.41, 5.74) is 12.3. The molecule has 5 fully saturated rings. The largest absolute Gasteiger partial charge is 0.305 e. The van der Waals surface area contributed by atoms with Gasteiger partial charge in [-0.1, -0.05) is 36.4 Å². The lowest BCUT2D eigenvalue weighted by atomic mass is 9.56. The monoisotopic (exact) mass is 688 g/mol. The second-order valence-electron chi connectivity index (χ2n) is 19.0. The molecule has 5 heteroatoms. The summed E-state index contributed by atoms with van der Waals surface area (Å²) in [6.45, 7) is 0. The molecule has 0 amide bonds. The van der Waals surface area contributed by atoms with E-state index in [2.05, 4.69) is 65.3 Å². The van der Waals surface area contributed by atoms with E-state index in [1.807, 2.05) is 16.7 Å². The molecule has 0 radical (unpaired) electrons. The Bertz CT molecular complexity index is 3050. The summed E-state index contributed by atoms with van der Waals surface area (Å²) in [7, 11) is 0. The van der Waals surface area contributed by atoms with Gasteiger partial charge in [-0.3, -0.25) is 19.3 Å². The van der Waals surface area contributed by atoms with Crippen LogP contribution >= 0.6 is 0 Å². The predicted octanol–water partition coefficient (Wildman–Crippen LogP) is 10.9. The van der Waals surface area contributed by atoms with Crippen LogP contribution in [0.2, 0.25) is 0 Å². The van der Waals surface area contributed by atoms with Crippen molar-refractivity contribution in [2.75, 3.05) is 0 Å². The van der Waals surface area contributed by atoms with Gasteiger partial charge < -0.3 is 4.40 Å². The third-order valence-electron chi connectivity index (χ3n) is 17.0. The minimum atomic E-state index is 0.0626. The Morgan fingerprint density at radius 3 is 2.04 bits per heavy atom. The first kappa shape index (κ1) is 27.8. The van der Waals surface area contributed by atoms with E-state index in [0.29, 0.717) is 29.1 Å². The molecular formula is C48H40N4O. The Hall–Kier alpha value is -4.77. The van der Waals surface area contributed by atoms with Crippen LogP contribution in [0.25, 0.3) is 65.5 Å². The van der Waals surface area contributed by atoms with Gasteiger partial charge in [-0.05, 0) is 146 Å². The highest BCUT2D eigenvalue weighted by molar-refractivity contribution is 6.35. The van der Waals surface area contributed by atoms with Gasteiger partial charge in [0.05, 0.1) is 34.5 Å². The van der Waals surface area contributed by atoms with Gasteiger partial charge in [0.2, 0.25) is 0 Å². The lowest BCUT2D eigenvalue weighted by molar-refractivity contribution is 0.00321. The van der Waals surface area contributed by atoms with Gasteiger partial charge in [-0.15, -0.1) is 0 Å². The number of rotatable bonds is 1. The highest BCUT2D eigenvalue weighted by Gasteiger charge is 2.66. The van der Waals surface area contributed by atoms with Gasteiger partial charge in [0.15, 0.2) is 0 Å². The quantitative estimate of drug-likeness (QED) is 0.161. The smallest absolute Gasteiger partial charge is 0.263 e. The first-order valence-electron chi connectivity index (χ1n) is 20.7. The number of hydrogen-bond acceptors (Lipinski definition) is 3. The van der Waals surface area contributed by atoms with E-state index in [-0.39, 0.29) is 5.56 Å². The number of benzene rings is 3. The third-order valence-corrected chi connectivity index (χ3v) is 17.0. The van der Waals surface area contributed by atoms with Crippen LogP contribution in [0.1, 0.15) is 110 Å². The minimum absolute atomic E-state index is 0.0626. The van der Waals surface area contributed by atoms with Crippen LogP contribution in [0.5, 0.6) is 0 Å². The van der Waals surface area contributed by atoms with Crippen molar-refractivity contribution >= 4 is 59.8 Å². The molecule has 7 bridgehead atoms. The molecular weight excluding hydrogens is 649 g/mol. The van der Waals surface area contributed by atoms with Crippen LogP contribution in [-0.2, 0) is 0 Å². The lowest BCUT2D eigenvalue weighted by Crippen LogP contribution is -2.41. The Labute approximate surface area is 306 Å². The maximum absolute atomic E-state index is 14.9. The van der Waals surface area contributed by atoms with Crippen molar-refractivity contribution in [3.05, 3.63) is 106 Å². The van der Waals surface area contributed by atoms with E-state index in [0.717, 1.165) is 45.6 Å². The van der Waals surface area contributed by atoms with Gasteiger partial charge in [0.25, 0.3) is 5.56 Å². The van der Waals surface area contributed by atoms with E-state index in [4.69, 9.17) is 9.97 Å². The molecule has 53 heavy (non-hydrogen) atoms. The maximum Gasteiger partial charge on any atom is 0.263 e. The second-order valence-corrected chi connectivity index (χ2v) is 19.0. The van der Waals surface area contributed by atoms with Gasteiger partial charge in [0, 0.05) is 61.2 Å². The molecule has 8 aliphatic rings. The molecule has 258 valence electrons. The van der Waals surface area contributed by atoms with E-state index in [9.17, 15) is 4.79 Å². The summed E-state index contributed by atoms with van der Waals surface area (Å²) >= 11 is 0. The summed E-state index contributed by atoms with van der Waals surface area (Å²) in [5.74, 6) is 5.69. The van der Waals surface area contributed by atoms with Crippen molar-refractivity contribution in [2.24, 2.45) is 29.1 Å². The second kappa shape index (κ2) is 8.94. The van der Waals surface area contributed by atoms with Crippen LogP contribution in [0.4, 0.5) is 0 Å². The highest BCUT2D eigenvalue weighted by atomic mass is 16.1. The SMILES string of the molecule is O=c1c2ccccc2c2c3c4c5c(ncc4n4c6cnc7c(c6c(cc2n1-c1ccccc1)c34)C1CC2CC3CC7CC32C1)C1CC2CC(C1)CC5C2. The van der Waals surface area contributed by atoms with Crippen LogP contribution < -0.4 is 5.56 Å². The first-order valence-corrected chi connectivity index (χ1v) is 20.7. The van der Waals surface area contributed by atoms with E-state index >= 15 is 0 Å². The van der Waals surface area contributed by atoms with Crippen molar-refractivity contribution in [2.45, 2.75) is 87.9 Å². The molecule has 5 nitrogen and oxygen atoms in total. The topological polar surface area (TPSA) is 52.2 Å². The standard InChI is InChI=1S/C48H40N4O/c53-47-33-9-5-4-8-32(33)40-35(51(47)31-6-2-1-3-7-31)18-34-41-36(21-50-45-28-16-30-17-29-15-27(39(41)45)19-48(29,30)20-28)52-37-22-49-44-26-13-23-10-24(14-26)12-25(11-23)38(44)42(37)43(40)46(34)52/h1-9,18,21-30H,10-17,19-20H2. The maximum atomic E-state index is 14.9. The first-order chi connectivity index (χ1) is 26.1. The van der Waals surface area contributed by atoms with E-state index < -0.39 is 0 Å². The van der Waals surface area contributed by atoms with Crippen LogP contribution in [0.3, 0.4) is 0 Å². The fourth-order valence-electron chi connectivity index (χ4n) is 15.4. The van der Waals surface area contributed by atoms with Gasteiger partial charge in [-0.2, -0.15) is 0 Å². The van der Waals surface area contributed by atoms with Crippen LogP contribution in [-0.4, -0.2) is 18.9 Å². The van der Waals surface area contributed by atoms with Gasteiger partial charge >= 0.3 is 0 Å². The van der Waals surface area contributed by atoms with Crippen molar-refractivity contribution in [1.29, 1.82) is 0 Å². The summed E-state index contributed by atoms with van der Waals surface area (Å²) in [4.78, 5) is 25.9. The predicted molar refractivity (Wildman–Crippen MR) is 211 cm³/mol. The van der Waals surface area contributed by atoms with E-state index in [1.54, 1.807) is 11.1 Å². The highest BCUT2D eigenvalue weighted by Crippen LogP contribution is 2.76. The molecule has 8 aliphatic carbocycles. The molecule has 7 atom stereocenters. The van der Waals surface area contributed by atoms with Gasteiger partial charge in [0.1, 0.15) is 0 Å². The molecule has 3 aromatic carbocycles. The number of aromatic nitrogens is 4. The molecule has 7 unspecified atom stereocenters. The molecule has 5 saturated carbocycles. The van der Waals surface area contributed by atoms with Crippen molar-refractivity contribution in [1.82, 2.24) is 18.9 Å². The molecule has 5 heterocycles. The Kier molecular flexibility index (Phi) is 4.69. The lowest BCUT2D eigenvalue weighted by Gasteiger charge is -2.48. The minimum Gasteiger partial charge on any atom is -0.305 e. The molecule has 8 aromatic rings. The Balaban J connectivity index is 1.20. The molecule has 0 aliphatic heterocycles. The summed E-state index contributed by atoms with van der Waals surface area (Å²) in [6, 6.07) is 21.3. The zero-order valence-corrected chi connectivity index (χ0v) is 29.8. The number of pyridine rings is 3. The normalized spacial score (nSPS) is 33.1. The zero-order valence-electron chi connectivity index (χ0n) is 29.8. The summed E-state index contributed by atoms with van der Waals surface area (Å²) in [6.07, 6.45) is 17.9. The molecule has 1 spiro atoms. The number of hydrogen-bond donors (Lipinski definition) is 0. The average molecular weight is 689 g/mol. The average Bonchev–Trinajstić information content (AvgIpc) is 3.82. The van der Waals surface area contributed by atoms with Crippen molar-refractivity contribution < 1.29 is 0 Å². The number of nitrogens with zero attached hydrogens (tertiary/aromatic N) is 4. The summed E-state index contributed by atoms with van der Waals surface area (Å²) < 4.78 is 4.65. The fraction of sp³-hybridized carbons (Fsp3) is 0.396. The third kappa shape index (κ3) is 3.04. The van der Waals surface area contributed by atoms with Crippen LogP contribution in [0.15, 0.2) is 77.9 Å². The van der Waals surface area contributed by atoms with E-state index in [1.165, 1.54) is 119 Å². The van der Waals surface area contributed by atoms with Crippen LogP contribution in [0, 0.1) is 29.1 Å². The number of para-hydroxylation sites is 1. The Morgan fingerprint density at radius 2 is 1.23 bits per heavy atom. The zero-order chi connectivity index (χ0) is 34.1. The molecule has 16 rings (SSSR count). The molecule has 0 N–H and O–H groups in total. The van der Waals surface area contributed by atoms with Gasteiger partial charge in [-0.25, -0.2) is 0 Å². The molecule has 0 saturated heterocycles. The number of fused-ring (bicyclic) bond motifs is 16. The Morgan fingerprint density at radius 1 is 0.566 bits per heavy atom. The molecule has 5 aromatic heterocycles. The van der Waals surface area contributed by atoms with Crippen molar-refractivity contribution in [3.63, 3.8) is 0 Å². The van der Waals surface area contributed by atoms with Crippen molar-refractivity contribution in [3.8, 4) is 5.69 Å².